The summed E-state index contributed by atoms with van der Waals surface area (Å²) < 4.78 is 5.50. The number of amides is 1. The topological polar surface area (TPSA) is 59.5 Å². The van der Waals surface area contributed by atoms with Gasteiger partial charge in [0.05, 0.1) is 5.52 Å². The summed E-state index contributed by atoms with van der Waals surface area (Å²) in [6, 6.07) is 19.9. The molecule has 126 valence electrons. The summed E-state index contributed by atoms with van der Waals surface area (Å²) in [5.74, 6) is -0.935. The number of hydrogen-bond acceptors (Lipinski definition) is 4. The van der Waals surface area contributed by atoms with Crippen LogP contribution in [0.15, 0.2) is 66.7 Å². The lowest BCUT2D eigenvalue weighted by molar-refractivity contribution is -0.138. The van der Waals surface area contributed by atoms with Crippen molar-refractivity contribution in [2.75, 3.05) is 14.1 Å². The van der Waals surface area contributed by atoms with E-state index in [-0.39, 0.29) is 11.6 Å². The Morgan fingerprint density at radius 3 is 2.32 bits per heavy atom. The molecule has 0 aliphatic carbocycles. The number of ether oxygens (including phenoxy) is 1. The highest BCUT2D eigenvalue weighted by atomic mass is 16.5. The highest BCUT2D eigenvalue weighted by Gasteiger charge is 2.27. The van der Waals surface area contributed by atoms with Gasteiger partial charge in [-0.2, -0.15) is 0 Å². The maximum absolute atomic E-state index is 12.5. The van der Waals surface area contributed by atoms with Gasteiger partial charge in [0, 0.05) is 25.0 Å². The summed E-state index contributed by atoms with van der Waals surface area (Å²) in [6.45, 7) is 0. The number of carbonyl (C=O) groups is 2. The number of esters is 1. The van der Waals surface area contributed by atoms with Crippen molar-refractivity contribution in [2.45, 2.75) is 6.10 Å². The third-order valence-electron chi connectivity index (χ3n) is 3.80. The van der Waals surface area contributed by atoms with E-state index in [0.29, 0.717) is 11.1 Å². The number of benzene rings is 2. The second-order valence-corrected chi connectivity index (χ2v) is 5.82. The van der Waals surface area contributed by atoms with Crippen molar-refractivity contribution in [3.8, 4) is 0 Å². The molecule has 1 heterocycles. The van der Waals surface area contributed by atoms with E-state index in [2.05, 4.69) is 4.98 Å². The van der Waals surface area contributed by atoms with Gasteiger partial charge in [-0.05, 0) is 12.1 Å². The maximum Gasteiger partial charge on any atom is 0.358 e. The van der Waals surface area contributed by atoms with Crippen LogP contribution in [0, 0.1) is 0 Å². The Labute approximate surface area is 145 Å². The molecule has 0 saturated carbocycles. The average molecular weight is 334 g/mol. The van der Waals surface area contributed by atoms with E-state index in [1.54, 1.807) is 44.4 Å². The number of rotatable bonds is 4. The fourth-order valence-corrected chi connectivity index (χ4v) is 2.47. The van der Waals surface area contributed by atoms with Gasteiger partial charge in [-0.15, -0.1) is 0 Å². The summed E-state index contributed by atoms with van der Waals surface area (Å²) in [5.41, 5.74) is 1.49. The highest BCUT2D eigenvalue weighted by Crippen LogP contribution is 2.21. The predicted octanol–water partition coefficient (Wildman–Crippen LogP) is 3.22. The van der Waals surface area contributed by atoms with Crippen LogP contribution in [0.5, 0.6) is 0 Å². The third kappa shape index (κ3) is 3.66. The minimum Gasteiger partial charge on any atom is -0.443 e. The van der Waals surface area contributed by atoms with Gasteiger partial charge < -0.3 is 9.64 Å². The number of hydrogen-bond donors (Lipinski definition) is 0. The van der Waals surface area contributed by atoms with Crippen molar-refractivity contribution >= 4 is 22.8 Å². The molecule has 0 spiro atoms. The number of likely N-dealkylation sites (N-methyl/N-ethyl adjacent to an activating group) is 1. The van der Waals surface area contributed by atoms with E-state index in [9.17, 15) is 9.59 Å². The zero-order valence-electron chi connectivity index (χ0n) is 14.0. The van der Waals surface area contributed by atoms with Gasteiger partial charge in [0.15, 0.2) is 0 Å². The molecule has 0 aliphatic rings. The first kappa shape index (κ1) is 16.6. The minimum absolute atomic E-state index is 0.172. The quantitative estimate of drug-likeness (QED) is 0.687. The largest absolute Gasteiger partial charge is 0.443 e. The van der Waals surface area contributed by atoms with Crippen LogP contribution in [0.25, 0.3) is 10.9 Å². The fraction of sp³-hybridized carbons (Fsp3) is 0.150. The molecular formula is C20H18N2O3. The van der Waals surface area contributed by atoms with Crippen molar-refractivity contribution in [1.29, 1.82) is 0 Å². The summed E-state index contributed by atoms with van der Waals surface area (Å²) >= 11 is 0. The summed E-state index contributed by atoms with van der Waals surface area (Å²) in [6.07, 6.45) is -1.00. The molecule has 0 bridgehead atoms. The Morgan fingerprint density at radius 2 is 1.60 bits per heavy atom. The van der Waals surface area contributed by atoms with Crippen LogP contribution in [0.4, 0.5) is 0 Å². The van der Waals surface area contributed by atoms with Crippen LogP contribution in [0.1, 0.15) is 22.2 Å². The first-order chi connectivity index (χ1) is 12.1. The Morgan fingerprint density at radius 1 is 0.920 bits per heavy atom. The predicted molar refractivity (Wildman–Crippen MR) is 95.0 cm³/mol. The molecule has 3 aromatic rings. The number of carbonyl (C=O) groups excluding carboxylic acids is 2. The molecule has 1 aromatic heterocycles. The summed E-state index contributed by atoms with van der Waals surface area (Å²) in [4.78, 5) is 30.7. The number of aromatic nitrogens is 1. The van der Waals surface area contributed by atoms with Crippen LogP contribution in [0.3, 0.4) is 0 Å². The van der Waals surface area contributed by atoms with Crippen molar-refractivity contribution < 1.29 is 14.3 Å². The smallest absolute Gasteiger partial charge is 0.358 e. The van der Waals surface area contributed by atoms with Crippen molar-refractivity contribution in [3.63, 3.8) is 0 Å². The summed E-state index contributed by atoms with van der Waals surface area (Å²) in [5, 5.41) is 0.933. The molecular weight excluding hydrogens is 316 g/mol. The van der Waals surface area contributed by atoms with Crippen molar-refractivity contribution in [2.24, 2.45) is 0 Å². The van der Waals surface area contributed by atoms with Gasteiger partial charge in [-0.1, -0.05) is 54.6 Å². The zero-order valence-corrected chi connectivity index (χ0v) is 14.0. The highest BCUT2D eigenvalue weighted by molar-refractivity contribution is 5.93. The lowest BCUT2D eigenvalue weighted by atomic mass is 10.1. The van der Waals surface area contributed by atoms with Crippen molar-refractivity contribution in [3.05, 3.63) is 78.0 Å². The molecule has 5 heteroatoms. The first-order valence-electron chi connectivity index (χ1n) is 7.89. The molecule has 0 radical (unpaired) electrons. The molecule has 5 nitrogen and oxygen atoms in total. The SMILES string of the molecule is CN(C)C(=O)[C@@H](OC(=O)c1ccc2ccccc2n1)c1ccccc1. The van der Waals surface area contributed by atoms with Crippen LogP contribution in [-0.2, 0) is 9.53 Å². The van der Waals surface area contributed by atoms with Crippen LogP contribution >= 0.6 is 0 Å². The van der Waals surface area contributed by atoms with Gasteiger partial charge in [-0.25, -0.2) is 9.78 Å². The number of pyridine rings is 1. The van der Waals surface area contributed by atoms with Gasteiger partial charge >= 0.3 is 5.97 Å². The molecule has 0 unspecified atom stereocenters. The van der Waals surface area contributed by atoms with E-state index in [1.165, 1.54) is 4.90 Å². The minimum atomic E-state index is -1.00. The molecule has 1 amide bonds. The fourth-order valence-electron chi connectivity index (χ4n) is 2.47. The molecule has 1 atom stereocenters. The Hall–Kier alpha value is -3.21. The molecule has 3 rings (SSSR count). The second kappa shape index (κ2) is 7.13. The van der Waals surface area contributed by atoms with Crippen LogP contribution < -0.4 is 0 Å². The lowest BCUT2D eigenvalue weighted by Gasteiger charge is -2.21. The standard InChI is InChI=1S/C20H18N2O3/c1-22(2)19(23)18(15-9-4-3-5-10-15)25-20(24)17-13-12-14-8-6-7-11-16(14)21-17/h3-13,18H,1-2H3/t18-/m0/s1. The lowest BCUT2D eigenvalue weighted by Crippen LogP contribution is -2.31. The average Bonchev–Trinajstić information content (AvgIpc) is 2.65. The molecule has 0 saturated heterocycles. The zero-order chi connectivity index (χ0) is 17.8. The van der Waals surface area contributed by atoms with Crippen LogP contribution in [0.2, 0.25) is 0 Å². The summed E-state index contributed by atoms with van der Waals surface area (Å²) in [7, 11) is 3.25. The van der Waals surface area contributed by atoms with E-state index in [1.807, 2.05) is 36.4 Å². The van der Waals surface area contributed by atoms with E-state index in [4.69, 9.17) is 4.74 Å². The van der Waals surface area contributed by atoms with Gasteiger partial charge in [0.25, 0.3) is 5.91 Å². The van der Waals surface area contributed by atoms with E-state index >= 15 is 0 Å². The number of nitrogens with zero attached hydrogens (tertiary/aromatic N) is 2. The molecule has 0 aliphatic heterocycles. The van der Waals surface area contributed by atoms with Crippen LogP contribution in [-0.4, -0.2) is 35.9 Å². The van der Waals surface area contributed by atoms with Crippen molar-refractivity contribution in [1.82, 2.24) is 9.88 Å². The van der Waals surface area contributed by atoms with Gasteiger partial charge in [0.1, 0.15) is 5.69 Å². The number of para-hydroxylation sites is 1. The molecule has 0 N–H and O–H groups in total. The van der Waals surface area contributed by atoms with E-state index < -0.39 is 12.1 Å². The Kier molecular flexibility index (Phi) is 4.75. The normalized spacial score (nSPS) is 11.8. The first-order valence-corrected chi connectivity index (χ1v) is 7.89. The molecule has 0 fully saturated rings. The molecule has 25 heavy (non-hydrogen) atoms. The monoisotopic (exact) mass is 334 g/mol. The maximum atomic E-state index is 12.5. The van der Waals surface area contributed by atoms with Gasteiger partial charge in [0.2, 0.25) is 6.10 Å². The Bertz CT molecular complexity index is 907. The van der Waals surface area contributed by atoms with E-state index in [0.717, 1.165) is 5.39 Å². The Balaban J connectivity index is 1.90. The number of fused-ring (bicyclic) bond motifs is 1. The second-order valence-electron chi connectivity index (χ2n) is 5.82. The third-order valence-corrected chi connectivity index (χ3v) is 3.80. The molecule has 2 aromatic carbocycles. The van der Waals surface area contributed by atoms with Gasteiger partial charge in [-0.3, -0.25) is 4.79 Å².